The molecule has 19 heavy (non-hydrogen) atoms. The van der Waals surface area contributed by atoms with Crippen molar-refractivity contribution in [3.63, 3.8) is 0 Å². The Hall–Kier alpha value is -1.30. The number of aliphatic carboxylic acids is 1. The van der Waals surface area contributed by atoms with Crippen LogP contribution in [0.15, 0.2) is 0 Å². The fourth-order valence-electron chi connectivity index (χ4n) is 2.77. The topological polar surface area (TPSA) is 70.1 Å². The highest BCUT2D eigenvalue weighted by Crippen LogP contribution is 2.20. The Morgan fingerprint density at radius 2 is 1.74 bits per heavy atom. The summed E-state index contributed by atoms with van der Waals surface area (Å²) < 4.78 is 5.30. The second-order valence-electron chi connectivity index (χ2n) is 5.34. The SMILES string of the molecule is CN(C(=O)N1CCC(C(=O)O)CC1)C1CCOCC1. The summed E-state index contributed by atoms with van der Waals surface area (Å²) in [6.07, 6.45) is 2.88. The second kappa shape index (κ2) is 6.23. The van der Waals surface area contributed by atoms with Crippen LogP contribution in [0.2, 0.25) is 0 Å². The highest BCUT2D eigenvalue weighted by Gasteiger charge is 2.31. The number of piperidine rings is 1. The van der Waals surface area contributed by atoms with E-state index in [2.05, 4.69) is 0 Å². The minimum Gasteiger partial charge on any atom is -0.481 e. The van der Waals surface area contributed by atoms with E-state index in [0.29, 0.717) is 39.1 Å². The van der Waals surface area contributed by atoms with Crippen molar-refractivity contribution < 1.29 is 19.4 Å². The summed E-state index contributed by atoms with van der Waals surface area (Å²) in [7, 11) is 1.83. The average Bonchev–Trinajstić information content (AvgIpc) is 2.46. The summed E-state index contributed by atoms with van der Waals surface area (Å²) in [4.78, 5) is 26.8. The molecule has 0 radical (unpaired) electrons. The number of hydrogen-bond acceptors (Lipinski definition) is 3. The van der Waals surface area contributed by atoms with Crippen LogP contribution in [0.5, 0.6) is 0 Å². The quantitative estimate of drug-likeness (QED) is 0.813. The van der Waals surface area contributed by atoms with Gasteiger partial charge in [0.2, 0.25) is 0 Å². The lowest BCUT2D eigenvalue weighted by molar-refractivity contribution is -0.143. The molecule has 6 nitrogen and oxygen atoms in total. The number of likely N-dealkylation sites (tertiary alicyclic amines) is 1. The lowest BCUT2D eigenvalue weighted by Gasteiger charge is -2.37. The van der Waals surface area contributed by atoms with Crippen LogP contribution in [0.1, 0.15) is 25.7 Å². The lowest BCUT2D eigenvalue weighted by atomic mass is 9.97. The molecule has 6 heteroatoms. The van der Waals surface area contributed by atoms with E-state index in [1.807, 2.05) is 7.05 Å². The Morgan fingerprint density at radius 1 is 1.16 bits per heavy atom. The fraction of sp³-hybridized carbons (Fsp3) is 0.846. The molecule has 0 aromatic carbocycles. The van der Waals surface area contributed by atoms with Gasteiger partial charge in [0, 0.05) is 39.4 Å². The second-order valence-corrected chi connectivity index (χ2v) is 5.34. The lowest BCUT2D eigenvalue weighted by Crippen LogP contribution is -2.50. The third-order valence-electron chi connectivity index (χ3n) is 4.15. The van der Waals surface area contributed by atoms with Crippen LogP contribution in [-0.4, -0.2) is 66.3 Å². The molecule has 0 unspecified atom stereocenters. The zero-order valence-electron chi connectivity index (χ0n) is 11.4. The van der Waals surface area contributed by atoms with Gasteiger partial charge in [0.15, 0.2) is 0 Å². The van der Waals surface area contributed by atoms with Crippen molar-refractivity contribution in [2.45, 2.75) is 31.7 Å². The van der Waals surface area contributed by atoms with Crippen LogP contribution in [0, 0.1) is 5.92 Å². The first kappa shape index (κ1) is 14.1. The van der Waals surface area contributed by atoms with Crippen molar-refractivity contribution >= 4 is 12.0 Å². The Kier molecular flexibility index (Phi) is 4.63. The van der Waals surface area contributed by atoms with Crippen molar-refractivity contribution in [3.05, 3.63) is 0 Å². The van der Waals surface area contributed by atoms with Gasteiger partial charge in [0.1, 0.15) is 0 Å². The molecule has 2 heterocycles. The van der Waals surface area contributed by atoms with Gasteiger partial charge >= 0.3 is 12.0 Å². The standard InChI is InChI=1S/C13H22N2O4/c1-14(11-4-8-19-9-5-11)13(18)15-6-2-10(3-7-15)12(16)17/h10-11H,2-9H2,1H3,(H,16,17). The summed E-state index contributed by atoms with van der Waals surface area (Å²) >= 11 is 0. The van der Waals surface area contributed by atoms with Crippen LogP contribution in [0.3, 0.4) is 0 Å². The number of ether oxygens (including phenoxy) is 1. The van der Waals surface area contributed by atoms with Gasteiger partial charge in [-0.15, -0.1) is 0 Å². The molecule has 2 rings (SSSR count). The zero-order chi connectivity index (χ0) is 13.8. The van der Waals surface area contributed by atoms with Crippen molar-refractivity contribution in [1.82, 2.24) is 9.80 Å². The number of carboxylic acids is 1. The number of rotatable bonds is 2. The van der Waals surface area contributed by atoms with Crippen molar-refractivity contribution in [2.75, 3.05) is 33.4 Å². The minimum absolute atomic E-state index is 0.0238. The zero-order valence-corrected chi connectivity index (χ0v) is 11.4. The van der Waals surface area contributed by atoms with E-state index in [4.69, 9.17) is 9.84 Å². The van der Waals surface area contributed by atoms with Gasteiger partial charge in [-0.05, 0) is 25.7 Å². The van der Waals surface area contributed by atoms with E-state index < -0.39 is 5.97 Å². The summed E-state index contributed by atoms with van der Waals surface area (Å²) in [6.45, 7) is 2.51. The first-order valence-electron chi connectivity index (χ1n) is 6.92. The van der Waals surface area contributed by atoms with E-state index in [-0.39, 0.29) is 18.0 Å². The molecule has 0 bridgehead atoms. The Labute approximate surface area is 113 Å². The molecule has 0 aliphatic carbocycles. The third-order valence-corrected chi connectivity index (χ3v) is 4.15. The van der Waals surface area contributed by atoms with Crippen LogP contribution < -0.4 is 0 Å². The molecule has 0 aromatic heterocycles. The Morgan fingerprint density at radius 3 is 2.26 bits per heavy atom. The maximum Gasteiger partial charge on any atom is 0.319 e. The van der Waals surface area contributed by atoms with Gasteiger partial charge < -0.3 is 19.6 Å². The molecule has 0 saturated carbocycles. The Balaban J connectivity index is 1.84. The number of urea groups is 1. The third kappa shape index (κ3) is 3.37. The first-order chi connectivity index (χ1) is 9.09. The van der Waals surface area contributed by atoms with Crippen molar-refractivity contribution in [2.24, 2.45) is 5.92 Å². The molecule has 2 fully saturated rings. The van der Waals surface area contributed by atoms with Crippen LogP contribution in [0.25, 0.3) is 0 Å². The molecule has 0 atom stereocenters. The first-order valence-corrected chi connectivity index (χ1v) is 6.92. The van der Waals surface area contributed by atoms with E-state index in [1.54, 1.807) is 9.80 Å². The van der Waals surface area contributed by atoms with Gasteiger partial charge in [0.25, 0.3) is 0 Å². The highest BCUT2D eigenvalue weighted by molar-refractivity contribution is 5.75. The van der Waals surface area contributed by atoms with E-state index >= 15 is 0 Å². The molecule has 2 aliphatic rings. The molecule has 2 amide bonds. The average molecular weight is 270 g/mol. The molecule has 0 aromatic rings. The van der Waals surface area contributed by atoms with Crippen LogP contribution in [-0.2, 0) is 9.53 Å². The van der Waals surface area contributed by atoms with E-state index in [1.165, 1.54) is 0 Å². The predicted molar refractivity (Wildman–Crippen MR) is 68.9 cm³/mol. The molecule has 1 N–H and O–H groups in total. The van der Waals surface area contributed by atoms with Crippen molar-refractivity contribution in [3.8, 4) is 0 Å². The molecule has 2 aliphatic heterocycles. The van der Waals surface area contributed by atoms with E-state index in [9.17, 15) is 9.59 Å². The fourth-order valence-corrected chi connectivity index (χ4v) is 2.77. The van der Waals surface area contributed by atoms with Gasteiger partial charge in [-0.2, -0.15) is 0 Å². The molecular weight excluding hydrogens is 248 g/mol. The van der Waals surface area contributed by atoms with Gasteiger partial charge in [0.05, 0.1) is 5.92 Å². The highest BCUT2D eigenvalue weighted by atomic mass is 16.5. The number of nitrogens with zero attached hydrogens (tertiary/aromatic N) is 2. The summed E-state index contributed by atoms with van der Waals surface area (Å²) in [5.74, 6) is -1.04. The minimum atomic E-state index is -0.745. The van der Waals surface area contributed by atoms with Crippen molar-refractivity contribution in [1.29, 1.82) is 0 Å². The molecular formula is C13H22N2O4. The smallest absolute Gasteiger partial charge is 0.319 e. The largest absolute Gasteiger partial charge is 0.481 e. The number of amides is 2. The summed E-state index contributed by atoms with van der Waals surface area (Å²) in [5, 5.41) is 8.95. The number of carbonyl (C=O) groups is 2. The van der Waals surface area contributed by atoms with Gasteiger partial charge in [-0.3, -0.25) is 4.79 Å². The van der Waals surface area contributed by atoms with Crippen LogP contribution in [0.4, 0.5) is 4.79 Å². The Bertz CT molecular complexity index is 334. The van der Waals surface area contributed by atoms with Gasteiger partial charge in [-0.25, -0.2) is 4.79 Å². The van der Waals surface area contributed by atoms with Crippen LogP contribution >= 0.6 is 0 Å². The predicted octanol–water partition coefficient (Wildman–Crippen LogP) is 1.01. The monoisotopic (exact) mass is 270 g/mol. The maximum atomic E-state index is 12.3. The maximum absolute atomic E-state index is 12.3. The van der Waals surface area contributed by atoms with Gasteiger partial charge in [-0.1, -0.05) is 0 Å². The normalized spacial score (nSPS) is 22.3. The molecule has 0 spiro atoms. The molecule has 108 valence electrons. The molecule has 2 saturated heterocycles. The summed E-state index contributed by atoms with van der Waals surface area (Å²) in [6, 6.07) is 0.272. The summed E-state index contributed by atoms with van der Waals surface area (Å²) in [5.41, 5.74) is 0. The number of hydrogen-bond donors (Lipinski definition) is 1. The number of carbonyl (C=O) groups excluding carboxylic acids is 1. The van der Waals surface area contributed by atoms with E-state index in [0.717, 1.165) is 12.8 Å². The number of carboxylic acid groups (broad SMARTS) is 1.